The number of anilines is 1. The molecule has 1 heterocycles. The second-order valence-electron chi connectivity index (χ2n) is 8.02. The number of hydrogen-bond acceptors (Lipinski definition) is 5. The average molecular weight is 535 g/mol. The van der Waals surface area contributed by atoms with Gasteiger partial charge in [-0.25, -0.2) is 9.69 Å². The second-order valence-corrected chi connectivity index (χ2v) is 8.87. The molecule has 0 bridgehead atoms. The second kappa shape index (κ2) is 10.1. The van der Waals surface area contributed by atoms with Crippen LogP contribution in [-0.2, 0) is 16.2 Å². The number of carbonyl (C=O) groups excluding carboxylic acids is 3. The van der Waals surface area contributed by atoms with E-state index in [0.717, 1.165) is 26.1 Å². The number of rotatable bonds is 6. The van der Waals surface area contributed by atoms with Gasteiger partial charge in [-0.2, -0.15) is 0 Å². The van der Waals surface area contributed by atoms with E-state index in [0.29, 0.717) is 29.4 Å². The zero-order chi connectivity index (χ0) is 25.1. The van der Waals surface area contributed by atoms with Gasteiger partial charge in [-0.3, -0.25) is 14.9 Å². The Bertz CT molecular complexity index is 1370. The fourth-order valence-electron chi connectivity index (χ4n) is 3.59. The molecule has 0 saturated carbocycles. The van der Waals surface area contributed by atoms with Crippen molar-refractivity contribution >= 4 is 45.5 Å². The number of nitrogens with one attached hydrogen (secondary N) is 1. The van der Waals surface area contributed by atoms with Gasteiger partial charge < -0.3 is 9.47 Å². The molecule has 1 fully saturated rings. The maximum atomic E-state index is 13.2. The Labute approximate surface area is 211 Å². The molecule has 1 saturated heterocycles. The smallest absolute Gasteiger partial charge is 0.335 e. The van der Waals surface area contributed by atoms with Crippen LogP contribution in [0.25, 0.3) is 6.08 Å². The third kappa shape index (κ3) is 5.12. The van der Waals surface area contributed by atoms with Crippen molar-refractivity contribution in [1.82, 2.24) is 5.32 Å². The number of ether oxygens (including phenoxy) is 2. The number of carbonyl (C=O) groups is 3. The van der Waals surface area contributed by atoms with Gasteiger partial charge in [0.1, 0.15) is 12.2 Å². The van der Waals surface area contributed by atoms with Crippen LogP contribution in [-0.4, -0.2) is 25.0 Å². The molecule has 0 spiro atoms. The van der Waals surface area contributed by atoms with Crippen LogP contribution in [0.5, 0.6) is 11.5 Å². The number of halogens is 1. The van der Waals surface area contributed by atoms with Crippen LogP contribution in [0.15, 0.2) is 70.7 Å². The van der Waals surface area contributed by atoms with E-state index in [9.17, 15) is 14.4 Å². The summed E-state index contributed by atoms with van der Waals surface area (Å²) in [5.41, 5.74) is 3.70. The van der Waals surface area contributed by atoms with Gasteiger partial charge in [-0.15, -0.1) is 0 Å². The van der Waals surface area contributed by atoms with E-state index in [2.05, 4.69) is 21.2 Å². The molecule has 1 N–H and O–H groups in total. The topological polar surface area (TPSA) is 84.9 Å². The quantitative estimate of drug-likeness (QED) is 0.341. The Morgan fingerprint density at radius 1 is 0.943 bits per heavy atom. The molecule has 178 valence electrons. The number of aryl methyl sites for hydroxylation is 2. The SMILES string of the molecule is COc1cc(/C=C2\C(=O)NC(=O)N(c3ccc(C)c(C)c3)C2=O)ccc1OCc1ccccc1Br. The highest BCUT2D eigenvalue weighted by Gasteiger charge is 2.36. The molecule has 0 atom stereocenters. The molecule has 7 nitrogen and oxygen atoms in total. The normalized spacial score (nSPS) is 14.8. The first-order valence-electron chi connectivity index (χ1n) is 10.8. The summed E-state index contributed by atoms with van der Waals surface area (Å²) in [5, 5.41) is 2.24. The summed E-state index contributed by atoms with van der Waals surface area (Å²) in [7, 11) is 1.51. The predicted molar refractivity (Wildman–Crippen MR) is 136 cm³/mol. The molecule has 3 aromatic rings. The summed E-state index contributed by atoms with van der Waals surface area (Å²) in [6.45, 7) is 4.15. The molecule has 0 unspecified atom stereocenters. The summed E-state index contributed by atoms with van der Waals surface area (Å²) in [5.74, 6) is -0.502. The van der Waals surface area contributed by atoms with Crippen LogP contribution in [0.1, 0.15) is 22.3 Å². The third-order valence-corrected chi connectivity index (χ3v) is 6.46. The lowest BCUT2D eigenvalue weighted by Crippen LogP contribution is -2.54. The van der Waals surface area contributed by atoms with Gasteiger partial charge in [0.15, 0.2) is 11.5 Å². The zero-order valence-corrected chi connectivity index (χ0v) is 21.0. The monoisotopic (exact) mass is 534 g/mol. The highest BCUT2D eigenvalue weighted by molar-refractivity contribution is 9.10. The number of hydrogen-bond donors (Lipinski definition) is 1. The van der Waals surface area contributed by atoms with E-state index in [1.165, 1.54) is 13.2 Å². The molecule has 35 heavy (non-hydrogen) atoms. The van der Waals surface area contributed by atoms with Gasteiger partial charge in [-0.1, -0.05) is 46.3 Å². The van der Waals surface area contributed by atoms with Gasteiger partial charge in [0.2, 0.25) is 0 Å². The first-order chi connectivity index (χ1) is 16.8. The molecule has 4 rings (SSSR count). The Morgan fingerprint density at radius 2 is 1.71 bits per heavy atom. The first-order valence-corrected chi connectivity index (χ1v) is 11.6. The number of barbiturate groups is 1. The standard InChI is InChI=1S/C27H23BrN2O5/c1-16-8-10-20(12-17(16)2)30-26(32)21(25(31)29-27(30)33)13-18-9-11-23(24(14-18)34-3)35-15-19-6-4-5-7-22(19)28/h4-14H,15H2,1-3H3,(H,29,31,33)/b21-13+. The molecule has 0 aliphatic carbocycles. The van der Waals surface area contributed by atoms with Crippen molar-refractivity contribution in [2.45, 2.75) is 20.5 Å². The summed E-state index contributed by atoms with van der Waals surface area (Å²) >= 11 is 3.50. The number of methoxy groups -OCH3 is 1. The van der Waals surface area contributed by atoms with Crippen LogP contribution in [0.2, 0.25) is 0 Å². The van der Waals surface area contributed by atoms with Crippen LogP contribution in [0.4, 0.5) is 10.5 Å². The summed E-state index contributed by atoms with van der Waals surface area (Å²) in [6.07, 6.45) is 1.43. The minimum absolute atomic E-state index is 0.160. The van der Waals surface area contributed by atoms with E-state index in [1.54, 1.807) is 30.3 Å². The molecule has 4 amide bonds. The lowest BCUT2D eigenvalue weighted by Gasteiger charge is -2.26. The van der Waals surface area contributed by atoms with Crippen LogP contribution in [0, 0.1) is 13.8 Å². The number of amides is 4. The maximum absolute atomic E-state index is 13.2. The Kier molecular flexibility index (Phi) is 7.02. The van der Waals surface area contributed by atoms with Crippen molar-refractivity contribution in [3.63, 3.8) is 0 Å². The van der Waals surface area contributed by atoms with E-state index in [1.807, 2.05) is 44.2 Å². The molecule has 1 aliphatic heterocycles. The van der Waals surface area contributed by atoms with Gasteiger partial charge in [0.05, 0.1) is 12.8 Å². The first kappa shape index (κ1) is 24.2. The van der Waals surface area contributed by atoms with Crippen molar-refractivity contribution in [2.24, 2.45) is 0 Å². The van der Waals surface area contributed by atoms with Crippen molar-refractivity contribution < 1.29 is 23.9 Å². The minimum atomic E-state index is -0.784. The van der Waals surface area contributed by atoms with Gasteiger partial charge in [-0.05, 0) is 66.9 Å². The number of urea groups is 1. The molecule has 1 aliphatic rings. The third-order valence-electron chi connectivity index (χ3n) is 5.69. The molecule has 0 aromatic heterocycles. The van der Waals surface area contributed by atoms with Crippen molar-refractivity contribution in [2.75, 3.05) is 12.0 Å². The van der Waals surface area contributed by atoms with Gasteiger partial charge >= 0.3 is 6.03 Å². The molecule has 3 aromatic carbocycles. The fourth-order valence-corrected chi connectivity index (χ4v) is 3.99. The Morgan fingerprint density at radius 3 is 2.43 bits per heavy atom. The van der Waals surface area contributed by atoms with Crippen molar-refractivity contribution in [3.8, 4) is 11.5 Å². The van der Waals surface area contributed by atoms with Crippen LogP contribution < -0.4 is 19.7 Å². The van der Waals surface area contributed by atoms with Crippen molar-refractivity contribution in [1.29, 1.82) is 0 Å². The fraction of sp³-hybridized carbons (Fsp3) is 0.148. The summed E-state index contributed by atoms with van der Waals surface area (Å²) in [4.78, 5) is 39.1. The predicted octanol–water partition coefficient (Wildman–Crippen LogP) is 5.32. The van der Waals surface area contributed by atoms with E-state index in [-0.39, 0.29) is 5.57 Å². The molecular weight excluding hydrogens is 512 g/mol. The molecule has 8 heteroatoms. The number of nitrogens with zero attached hydrogens (tertiary/aromatic N) is 1. The van der Waals surface area contributed by atoms with Gasteiger partial charge in [0, 0.05) is 10.0 Å². The summed E-state index contributed by atoms with van der Waals surface area (Å²) in [6, 6.07) is 17.3. The van der Waals surface area contributed by atoms with E-state index < -0.39 is 17.8 Å². The van der Waals surface area contributed by atoms with Crippen molar-refractivity contribution in [3.05, 3.63) is 93.0 Å². The Balaban J connectivity index is 1.61. The lowest BCUT2D eigenvalue weighted by molar-refractivity contribution is -0.122. The lowest BCUT2D eigenvalue weighted by atomic mass is 10.0. The number of imide groups is 2. The van der Waals surface area contributed by atoms with E-state index >= 15 is 0 Å². The highest BCUT2D eigenvalue weighted by Crippen LogP contribution is 2.31. The van der Waals surface area contributed by atoms with Crippen LogP contribution >= 0.6 is 15.9 Å². The summed E-state index contributed by atoms with van der Waals surface area (Å²) < 4.78 is 12.3. The van der Waals surface area contributed by atoms with Gasteiger partial charge in [0.25, 0.3) is 11.8 Å². The maximum Gasteiger partial charge on any atom is 0.335 e. The van der Waals surface area contributed by atoms with Crippen LogP contribution in [0.3, 0.4) is 0 Å². The highest BCUT2D eigenvalue weighted by atomic mass is 79.9. The molecule has 0 radical (unpaired) electrons. The van der Waals surface area contributed by atoms with E-state index in [4.69, 9.17) is 9.47 Å². The molecular formula is C27H23BrN2O5. The largest absolute Gasteiger partial charge is 0.493 e. The zero-order valence-electron chi connectivity index (χ0n) is 19.4. The Hall–Kier alpha value is -3.91. The number of benzene rings is 3. The average Bonchev–Trinajstić information content (AvgIpc) is 2.83. The minimum Gasteiger partial charge on any atom is -0.493 e.